The predicted molar refractivity (Wildman–Crippen MR) is 70.2 cm³/mol. The number of nitrogens with one attached hydrogen (secondary N) is 1. The fourth-order valence-corrected chi connectivity index (χ4v) is 3.06. The van der Waals surface area contributed by atoms with E-state index in [0.29, 0.717) is 4.88 Å². The van der Waals surface area contributed by atoms with Crippen LogP contribution in [0.25, 0.3) is 0 Å². The molecule has 1 fully saturated rings. The lowest BCUT2D eigenvalue weighted by molar-refractivity contribution is -0.129. The average Bonchev–Trinajstić information content (AvgIpc) is 2.95. The van der Waals surface area contributed by atoms with Gasteiger partial charge >= 0.3 is 0 Å². The van der Waals surface area contributed by atoms with Crippen LogP contribution in [0.5, 0.6) is 0 Å². The zero-order valence-corrected chi connectivity index (χ0v) is 11.6. The maximum Gasteiger partial charge on any atom is 0.261 e. The molecular weight excluding hydrogens is 304 g/mol. The number of thiophene rings is 1. The maximum atomic E-state index is 11.7. The van der Waals surface area contributed by atoms with Gasteiger partial charge in [-0.25, -0.2) is 0 Å². The van der Waals surface area contributed by atoms with Crippen molar-refractivity contribution < 1.29 is 9.59 Å². The zero-order chi connectivity index (χ0) is 12.3. The van der Waals surface area contributed by atoms with Gasteiger partial charge in [-0.2, -0.15) is 0 Å². The van der Waals surface area contributed by atoms with Crippen molar-refractivity contribution in [3.8, 4) is 0 Å². The van der Waals surface area contributed by atoms with Crippen LogP contribution in [0.4, 0.5) is 0 Å². The molecule has 0 bridgehead atoms. The average molecular weight is 317 g/mol. The first kappa shape index (κ1) is 12.6. The Kier molecular flexibility index (Phi) is 4.17. The molecule has 1 saturated heterocycles. The van der Waals surface area contributed by atoms with Crippen LogP contribution >= 0.6 is 27.3 Å². The van der Waals surface area contributed by atoms with E-state index in [1.807, 2.05) is 6.07 Å². The Morgan fingerprint density at radius 2 is 2.06 bits per heavy atom. The van der Waals surface area contributed by atoms with Gasteiger partial charge in [0, 0.05) is 13.1 Å². The summed E-state index contributed by atoms with van der Waals surface area (Å²) in [7, 11) is 0. The quantitative estimate of drug-likeness (QED) is 0.925. The summed E-state index contributed by atoms with van der Waals surface area (Å²) in [5.41, 5.74) is 0. The van der Waals surface area contributed by atoms with Gasteiger partial charge in [-0.1, -0.05) is 0 Å². The van der Waals surface area contributed by atoms with E-state index in [-0.39, 0.29) is 18.4 Å². The third-order valence-electron chi connectivity index (χ3n) is 2.66. The minimum absolute atomic E-state index is 0.00599. The summed E-state index contributed by atoms with van der Waals surface area (Å²) in [6.45, 7) is 1.73. The lowest BCUT2D eigenvalue weighted by Gasteiger charge is -2.15. The van der Waals surface area contributed by atoms with Crippen LogP contribution in [0.1, 0.15) is 22.5 Å². The van der Waals surface area contributed by atoms with Crippen LogP contribution in [0.2, 0.25) is 0 Å². The standard InChI is InChI=1S/C11H13BrN2O2S/c12-9-4-3-8(17-9)11(16)13-7-10(15)14-5-1-2-6-14/h3-4H,1-2,5-7H2,(H,13,16). The number of carbonyl (C=O) groups excluding carboxylic acids is 2. The molecule has 1 N–H and O–H groups in total. The minimum atomic E-state index is -0.187. The van der Waals surface area contributed by atoms with Crippen LogP contribution in [0.15, 0.2) is 15.9 Å². The number of nitrogens with zero attached hydrogens (tertiary/aromatic N) is 1. The molecule has 1 aliphatic rings. The summed E-state index contributed by atoms with van der Waals surface area (Å²) in [6, 6.07) is 3.56. The Morgan fingerprint density at radius 1 is 1.35 bits per heavy atom. The molecule has 0 spiro atoms. The van der Waals surface area contributed by atoms with Gasteiger partial charge in [-0.05, 0) is 40.9 Å². The van der Waals surface area contributed by atoms with Gasteiger partial charge in [0.05, 0.1) is 15.2 Å². The molecule has 4 nitrogen and oxygen atoms in total. The van der Waals surface area contributed by atoms with Gasteiger partial charge in [0.15, 0.2) is 0 Å². The molecule has 2 heterocycles. The van der Waals surface area contributed by atoms with Crippen LogP contribution in [0.3, 0.4) is 0 Å². The number of hydrogen-bond acceptors (Lipinski definition) is 3. The molecule has 0 atom stereocenters. The summed E-state index contributed by atoms with van der Waals surface area (Å²) in [6.07, 6.45) is 2.13. The Balaban J connectivity index is 1.81. The fraction of sp³-hybridized carbons (Fsp3) is 0.455. The highest BCUT2D eigenvalue weighted by atomic mass is 79.9. The molecule has 0 saturated carbocycles. The van der Waals surface area contributed by atoms with Crippen LogP contribution in [-0.2, 0) is 4.79 Å². The predicted octanol–water partition coefficient (Wildman–Crippen LogP) is 1.86. The summed E-state index contributed by atoms with van der Waals surface area (Å²) >= 11 is 4.66. The molecule has 92 valence electrons. The fourth-order valence-electron chi connectivity index (χ4n) is 1.76. The van der Waals surface area contributed by atoms with E-state index in [1.54, 1.807) is 11.0 Å². The Hall–Kier alpha value is -0.880. The SMILES string of the molecule is O=C(NCC(=O)N1CCCC1)c1ccc(Br)s1. The Labute approximate surface area is 112 Å². The number of amides is 2. The highest BCUT2D eigenvalue weighted by Crippen LogP contribution is 2.21. The molecule has 0 radical (unpaired) electrons. The van der Waals surface area contributed by atoms with E-state index in [0.717, 1.165) is 29.7 Å². The molecule has 6 heteroatoms. The van der Waals surface area contributed by atoms with E-state index in [9.17, 15) is 9.59 Å². The zero-order valence-electron chi connectivity index (χ0n) is 9.24. The number of halogens is 1. The van der Waals surface area contributed by atoms with Crippen molar-refractivity contribution in [1.29, 1.82) is 0 Å². The van der Waals surface area contributed by atoms with E-state index in [4.69, 9.17) is 0 Å². The lowest BCUT2D eigenvalue weighted by Crippen LogP contribution is -2.38. The second kappa shape index (κ2) is 5.64. The maximum absolute atomic E-state index is 11.7. The lowest BCUT2D eigenvalue weighted by atomic mass is 10.4. The summed E-state index contributed by atoms with van der Waals surface area (Å²) in [5.74, 6) is -0.181. The normalized spacial score (nSPS) is 15.0. The van der Waals surface area contributed by atoms with Gasteiger partial charge in [0.25, 0.3) is 5.91 Å². The Morgan fingerprint density at radius 3 is 2.65 bits per heavy atom. The summed E-state index contributed by atoms with van der Waals surface area (Å²) in [4.78, 5) is 25.8. The van der Waals surface area contributed by atoms with Crippen molar-refractivity contribution in [3.05, 3.63) is 20.8 Å². The molecule has 0 aromatic carbocycles. The summed E-state index contributed by atoms with van der Waals surface area (Å²) < 4.78 is 0.911. The first-order chi connectivity index (χ1) is 8.16. The van der Waals surface area contributed by atoms with E-state index < -0.39 is 0 Å². The first-order valence-corrected chi connectivity index (χ1v) is 7.09. The third-order valence-corrected chi connectivity index (χ3v) is 4.28. The monoisotopic (exact) mass is 316 g/mol. The van der Waals surface area contributed by atoms with Crippen molar-refractivity contribution in [3.63, 3.8) is 0 Å². The smallest absolute Gasteiger partial charge is 0.261 e. The number of carbonyl (C=O) groups is 2. The highest BCUT2D eigenvalue weighted by molar-refractivity contribution is 9.11. The van der Waals surface area contributed by atoms with E-state index >= 15 is 0 Å². The van der Waals surface area contributed by atoms with Gasteiger partial charge in [-0.3, -0.25) is 9.59 Å². The summed E-state index contributed by atoms with van der Waals surface area (Å²) in [5, 5.41) is 2.65. The topological polar surface area (TPSA) is 49.4 Å². The molecule has 0 unspecified atom stereocenters. The van der Waals surface area contributed by atoms with Crippen molar-refractivity contribution in [2.75, 3.05) is 19.6 Å². The highest BCUT2D eigenvalue weighted by Gasteiger charge is 2.18. The first-order valence-electron chi connectivity index (χ1n) is 5.48. The molecule has 0 aliphatic carbocycles. The second-order valence-electron chi connectivity index (χ2n) is 3.87. The van der Waals surface area contributed by atoms with Gasteiger partial charge in [0.1, 0.15) is 0 Å². The van der Waals surface area contributed by atoms with Crippen LogP contribution in [0, 0.1) is 0 Å². The Bertz CT molecular complexity index is 427. The molecule has 2 rings (SSSR count). The van der Waals surface area contributed by atoms with Gasteiger partial charge in [-0.15, -0.1) is 11.3 Å². The molecule has 1 aromatic heterocycles. The van der Waals surface area contributed by atoms with E-state index in [2.05, 4.69) is 21.2 Å². The largest absolute Gasteiger partial charge is 0.342 e. The second-order valence-corrected chi connectivity index (χ2v) is 6.34. The number of hydrogen-bond donors (Lipinski definition) is 1. The van der Waals surface area contributed by atoms with Gasteiger partial charge < -0.3 is 10.2 Å². The minimum Gasteiger partial charge on any atom is -0.342 e. The molecule has 1 aromatic rings. The van der Waals surface area contributed by atoms with Crippen LogP contribution in [-0.4, -0.2) is 36.3 Å². The molecule has 2 amide bonds. The van der Waals surface area contributed by atoms with Crippen molar-refractivity contribution in [2.45, 2.75) is 12.8 Å². The van der Waals surface area contributed by atoms with Crippen molar-refractivity contribution in [2.24, 2.45) is 0 Å². The van der Waals surface area contributed by atoms with Crippen molar-refractivity contribution >= 4 is 39.1 Å². The van der Waals surface area contributed by atoms with Gasteiger partial charge in [0.2, 0.25) is 5.91 Å². The molecular formula is C11H13BrN2O2S. The van der Waals surface area contributed by atoms with Crippen LogP contribution < -0.4 is 5.32 Å². The number of likely N-dealkylation sites (tertiary alicyclic amines) is 1. The third kappa shape index (κ3) is 3.29. The molecule has 1 aliphatic heterocycles. The molecule has 17 heavy (non-hydrogen) atoms. The number of rotatable bonds is 3. The van der Waals surface area contributed by atoms with Crippen molar-refractivity contribution in [1.82, 2.24) is 10.2 Å². The van der Waals surface area contributed by atoms with E-state index in [1.165, 1.54) is 11.3 Å².